The average Bonchev–Trinajstić information content (AvgIpc) is 3.35. The molecule has 4 rings (SSSR count). The van der Waals surface area contributed by atoms with E-state index < -0.39 is 0 Å². The zero-order valence-electron chi connectivity index (χ0n) is 22.9. The van der Waals surface area contributed by atoms with E-state index in [9.17, 15) is 14.0 Å². The first-order valence-electron chi connectivity index (χ1n) is 13.5. The number of hydrogen-bond acceptors (Lipinski definition) is 2. The number of nitrogens with zero attached hydrogens (tertiary/aromatic N) is 2. The van der Waals surface area contributed by atoms with Crippen LogP contribution in [0.1, 0.15) is 37.5 Å². The predicted octanol–water partition coefficient (Wildman–Crippen LogP) is 6.63. The molecular weight excluding hydrogens is 491 g/mol. The van der Waals surface area contributed by atoms with Gasteiger partial charge in [0, 0.05) is 42.4 Å². The van der Waals surface area contributed by atoms with E-state index in [2.05, 4.69) is 23.3 Å². The summed E-state index contributed by atoms with van der Waals surface area (Å²) in [5.41, 5.74) is 4.89. The average molecular weight is 529 g/mol. The number of para-hydroxylation sites is 1. The Morgan fingerprint density at radius 1 is 0.923 bits per heavy atom. The number of nitrogens with one attached hydrogen (secondary N) is 2. The van der Waals surface area contributed by atoms with Crippen molar-refractivity contribution in [2.24, 2.45) is 5.92 Å². The summed E-state index contributed by atoms with van der Waals surface area (Å²) in [7, 11) is 0. The molecule has 1 heterocycles. The number of aromatic amines is 1. The van der Waals surface area contributed by atoms with Crippen LogP contribution in [-0.2, 0) is 24.2 Å². The molecule has 6 nitrogen and oxygen atoms in total. The second kappa shape index (κ2) is 13.1. The van der Waals surface area contributed by atoms with Crippen LogP contribution >= 0.6 is 0 Å². The number of H-pyrrole nitrogens is 1. The highest BCUT2D eigenvalue weighted by Gasteiger charge is 2.23. The third kappa shape index (κ3) is 7.69. The molecule has 0 unspecified atom stereocenters. The number of aromatic nitrogens is 1. The summed E-state index contributed by atoms with van der Waals surface area (Å²) in [4.78, 5) is 33.6. The Bertz CT molecular complexity index is 1380. The molecule has 0 radical (unpaired) electrons. The minimum Gasteiger partial charge on any atom is -0.361 e. The molecule has 0 bridgehead atoms. The minimum atomic E-state index is -0.317. The van der Waals surface area contributed by atoms with E-state index >= 15 is 0 Å². The van der Waals surface area contributed by atoms with Crippen LogP contribution in [0.2, 0.25) is 0 Å². The van der Waals surface area contributed by atoms with Gasteiger partial charge in [-0.05, 0) is 65.8 Å². The van der Waals surface area contributed by atoms with Crippen molar-refractivity contribution in [3.05, 3.63) is 102 Å². The predicted molar refractivity (Wildman–Crippen MR) is 155 cm³/mol. The molecule has 2 N–H and O–H groups in total. The number of urea groups is 1. The van der Waals surface area contributed by atoms with Gasteiger partial charge in [0.1, 0.15) is 12.4 Å². The fourth-order valence-corrected chi connectivity index (χ4v) is 4.65. The van der Waals surface area contributed by atoms with E-state index in [-0.39, 0.29) is 30.2 Å². The fourth-order valence-electron chi connectivity index (χ4n) is 4.65. The van der Waals surface area contributed by atoms with Gasteiger partial charge in [0.2, 0.25) is 5.91 Å². The Hall–Kier alpha value is -4.13. The van der Waals surface area contributed by atoms with E-state index in [4.69, 9.17) is 0 Å². The highest BCUT2D eigenvalue weighted by Crippen LogP contribution is 2.19. The van der Waals surface area contributed by atoms with Crippen molar-refractivity contribution in [2.45, 2.75) is 40.2 Å². The lowest BCUT2D eigenvalue weighted by molar-refractivity contribution is -0.132. The van der Waals surface area contributed by atoms with Crippen molar-refractivity contribution in [1.82, 2.24) is 14.8 Å². The molecule has 0 aliphatic heterocycles. The van der Waals surface area contributed by atoms with Gasteiger partial charge in [0.15, 0.2) is 0 Å². The topological polar surface area (TPSA) is 68.4 Å². The lowest BCUT2D eigenvalue weighted by Crippen LogP contribution is -2.46. The van der Waals surface area contributed by atoms with Crippen molar-refractivity contribution in [2.75, 3.05) is 25.0 Å². The highest BCUT2D eigenvalue weighted by atomic mass is 19.1. The van der Waals surface area contributed by atoms with E-state index in [1.54, 1.807) is 21.9 Å². The van der Waals surface area contributed by atoms with Gasteiger partial charge in [-0.2, -0.15) is 0 Å². The molecular formula is C32H37FN4O2. The summed E-state index contributed by atoms with van der Waals surface area (Å²) >= 11 is 0. The quantitative estimate of drug-likeness (QED) is 0.229. The van der Waals surface area contributed by atoms with Crippen molar-refractivity contribution in [3.63, 3.8) is 0 Å². The summed E-state index contributed by atoms with van der Waals surface area (Å²) in [5.74, 6) is -0.291. The summed E-state index contributed by atoms with van der Waals surface area (Å²) in [6.07, 6.45) is 3.55. The maximum Gasteiger partial charge on any atom is 0.322 e. The fraction of sp³-hybridized carbons (Fsp3) is 0.312. The number of aryl methyl sites for hydroxylation is 1. The first-order chi connectivity index (χ1) is 18.8. The third-order valence-electron chi connectivity index (χ3n) is 6.78. The zero-order chi connectivity index (χ0) is 27.8. The van der Waals surface area contributed by atoms with Crippen LogP contribution in [0.5, 0.6) is 0 Å². The molecule has 7 heteroatoms. The summed E-state index contributed by atoms with van der Waals surface area (Å²) in [6, 6.07) is 21.7. The van der Waals surface area contributed by atoms with E-state index in [0.717, 1.165) is 28.5 Å². The largest absolute Gasteiger partial charge is 0.361 e. The van der Waals surface area contributed by atoms with Gasteiger partial charge in [0.05, 0.1) is 0 Å². The highest BCUT2D eigenvalue weighted by molar-refractivity contribution is 5.92. The van der Waals surface area contributed by atoms with Crippen LogP contribution in [0.15, 0.2) is 79.0 Å². The monoisotopic (exact) mass is 528 g/mol. The standard InChI is InChI=1S/C32H37FN4O2/c1-4-24-11-15-28(16-12-24)35-32(39)37(20-23(2)3)22-31(38)36(21-25-9-13-27(33)14-10-25)18-17-26-19-34-30-8-6-5-7-29(26)30/h5-16,19,23,34H,4,17-18,20-22H2,1-3H3,(H,35,39). The number of carbonyl (C=O) groups excluding carboxylic acids is 2. The molecule has 3 amide bonds. The second-order valence-corrected chi connectivity index (χ2v) is 10.3. The molecule has 0 saturated heterocycles. The normalized spacial score (nSPS) is 11.1. The Morgan fingerprint density at radius 3 is 2.31 bits per heavy atom. The van der Waals surface area contributed by atoms with Crippen LogP contribution in [0.25, 0.3) is 10.9 Å². The van der Waals surface area contributed by atoms with Gasteiger partial charge < -0.3 is 20.1 Å². The van der Waals surface area contributed by atoms with Crippen molar-refractivity contribution in [3.8, 4) is 0 Å². The maximum atomic E-state index is 13.7. The molecule has 0 aliphatic carbocycles. The van der Waals surface area contributed by atoms with Gasteiger partial charge in [-0.1, -0.05) is 63.2 Å². The van der Waals surface area contributed by atoms with Crippen LogP contribution in [0.4, 0.5) is 14.9 Å². The molecule has 1 aromatic heterocycles. The Morgan fingerprint density at radius 2 is 1.62 bits per heavy atom. The Labute approximate surface area is 229 Å². The maximum absolute atomic E-state index is 13.7. The van der Waals surface area contributed by atoms with Gasteiger partial charge >= 0.3 is 6.03 Å². The molecule has 4 aromatic rings. The number of hydrogen-bond donors (Lipinski definition) is 2. The summed E-state index contributed by atoms with van der Waals surface area (Å²) < 4.78 is 13.5. The van der Waals surface area contributed by atoms with Gasteiger partial charge in [-0.3, -0.25) is 4.79 Å². The van der Waals surface area contributed by atoms with E-state index in [1.807, 2.05) is 62.5 Å². The number of halogens is 1. The van der Waals surface area contributed by atoms with Crippen LogP contribution < -0.4 is 5.32 Å². The smallest absolute Gasteiger partial charge is 0.322 e. The summed E-state index contributed by atoms with van der Waals surface area (Å²) in [5, 5.41) is 4.07. The third-order valence-corrected chi connectivity index (χ3v) is 6.78. The van der Waals surface area contributed by atoms with Gasteiger partial charge in [0.25, 0.3) is 0 Å². The number of anilines is 1. The zero-order valence-corrected chi connectivity index (χ0v) is 22.9. The summed E-state index contributed by atoms with van der Waals surface area (Å²) in [6.45, 7) is 7.32. The molecule has 0 atom stereocenters. The van der Waals surface area contributed by atoms with Crippen molar-refractivity contribution in [1.29, 1.82) is 0 Å². The number of carbonyl (C=O) groups is 2. The SMILES string of the molecule is CCc1ccc(NC(=O)N(CC(=O)N(CCc2c[nH]c3ccccc23)Cc2ccc(F)cc2)CC(C)C)cc1. The molecule has 0 fully saturated rings. The van der Waals surface area contributed by atoms with E-state index in [0.29, 0.717) is 31.7 Å². The number of benzene rings is 3. The first kappa shape index (κ1) is 27.9. The van der Waals surface area contributed by atoms with Crippen LogP contribution in [0.3, 0.4) is 0 Å². The molecule has 204 valence electrons. The number of rotatable bonds is 11. The minimum absolute atomic E-state index is 0.0495. The number of fused-ring (bicyclic) bond motifs is 1. The Balaban J connectivity index is 1.50. The van der Waals surface area contributed by atoms with Crippen molar-refractivity contribution >= 4 is 28.5 Å². The van der Waals surface area contributed by atoms with E-state index in [1.165, 1.54) is 17.7 Å². The lowest BCUT2D eigenvalue weighted by Gasteiger charge is -2.29. The first-order valence-corrected chi connectivity index (χ1v) is 13.5. The molecule has 3 aromatic carbocycles. The molecule has 39 heavy (non-hydrogen) atoms. The molecule has 0 saturated carbocycles. The van der Waals surface area contributed by atoms with Crippen molar-refractivity contribution < 1.29 is 14.0 Å². The van der Waals surface area contributed by atoms with Crippen LogP contribution in [0, 0.1) is 11.7 Å². The molecule has 0 spiro atoms. The van der Waals surface area contributed by atoms with Gasteiger partial charge in [-0.15, -0.1) is 0 Å². The van der Waals surface area contributed by atoms with Gasteiger partial charge in [-0.25, -0.2) is 9.18 Å². The van der Waals surface area contributed by atoms with Crippen LogP contribution in [-0.4, -0.2) is 46.4 Å². The Kier molecular flexibility index (Phi) is 9.36. The second-order valence-electron chi connectivity index (χ2n) is 10.3. The number of amides is 3. The molecule has 0 aliphatic rings. The lowest BCUT2D eigenvalue weighted by atomic mass is 10.1.